The lowest BCUT2D eigenvalue weighted by molar-refractivity contribution is 0.627. The highest BCUT2D eigenvalue weighted by molar-refractivity contribution is 5.93. The molecule has 3 aromatic rings. The fraction of sp³-hybridized carbons (Fsp3) is 0.0625. The van der Waals surface area contributed by atoms with Crippen molar-refractivity contribution in [2.24, 2.45) is 0 Å². The third-order valence-electron chi connectivity index (χ3n) is 3.08. The first kappa shape index (κ1) is 11.7. The van der Waals surface area contributed by atoms with Crippen LogP contribution in [0.25, 0.3) is 10.8 Å². The van der Waals surface area contributed by atoms with Crippen molar-refractivity contribution in [3.05, 3.63) is 72.3 Å². The molecular weight excluding hydrogens is 239 g/mol. The Labute approximate surface area is 110 Å². The number of anilines is 1. The summed E-state index contributed by atoms with van der Waals surface area (Å²) in [4.78, 5) is 4.15. The van der Waals surface area contributed by atoms with Gasteiger partial charge in [-0.2, -0.15) is 0 Å². The summed E-state index contributed by atoms with van der Waals surface area (Å²) in [6, 6.07) is 14.6. The number of pyridine rings is 1. The van der Waals surface area contributed by atoms with Crippen LogP contribution in [0, 0.1) is 5.82 Å². The van der Waals surface area contributed by atoms with Gasteiger partial charge in [0.15, 0.2) is 0 Å². The van der Waals surface area contributed by atoms with Crippen molar-refractivity contribution in [3.63, 3.8) is 0 Å². The molecule has 0 saturated carbocycles. The molecule has 2 nitrogen and oxygen atoms in total. The fourth-order valence-corrected chi connectivity index (χ4v) is 2.07. The van der Waals surface area contributed by atoms with Crippen LogP contribution in [0.4, 0.5) is 10.1 Å². The number of nitrogens with one attached hydrogen (secondary N) is 1. The van der Waals surface area contributed by atoms with Gasteiger partial charge in [0.25, 0.3) is 0 Å². The third-order valence-corrected chi connectivity index (χ3v) is 3.08. The molecule has 2 aromatic carbocycles. The lowest BCUT2D eigenvalue weighted by Gasteiger charge is -2.09. The zero-order valence-corrected chi connectivity index (χ0v) is 10.3. The van der Waals surface area contributed by atoms with E-state index in [2.05, 4.69) is 16.4 Å². The minimum atomic E-state index is -0.210. The van der Waals surface area contributed by atoms with Gasteiger partial charge in [0.1, 0.15) is 5.82 Å². The van der Waals surface area contributed by atoms with Gasteiger partial charge >= 0.3 is 0 Å². The molecule has 0 aliphatic carbocycles. The summed E-state index contributed by atoms with van der Waals surface area (Å²) < 4.78 is 12.8. The molecule has 0 bridgehead atoms. The molecule has 19 heavy (non-hydrogen) atoms. The lowest BCUT2D eigenvalue weighted by atomic mass is 10.1. The molecule has 1 N–H and O–H groups in total. The van der Waals surface area contributed by atoms with Crippen molar-refractivity contribution in [2.45, 2.75) is 6.54 Å². The number of fused-ring (bicyclic) bond motifs is 1. The van der Waals surface area contributed by atoms with E-state index in [-0.39, 0.29) is 5.82 Å². The van der Waals surface area contributed by atoms with Crippen molar-refractivity contribution < 1.29 is 4.39 Å². The number of nitrogens with zero attached hydrogens (tertiary/aromatic N) is 1. The predicted molar refractivity (Wildman–Crippen MR) is 75.5 cm³/mol. The van der Waals surface area contributed by atoms with E-state index in [0.29, 0.717) is 6.54 Å². The maximum atomic E-state index is 12.8. The molecule has 0 fully saturated rings. The van der Waals surface area contributed by atoms with Crippen LogP contribution in [0.5, 0.6) is 0 Å². The van der Waals surface area contributed by atoms with Crippen LogP contribution in [0.1, 0.15) is 5.56 Å². The van der Waals surface area contributed by atoms with Crippen LogP contribution >= 0.6 is 0 Å². The highest BCUT2D eigenvalue weighted by Gasteiger charge is 2.00. The molecule has 3 heteroatoms. The van der Waals surface area contributed by atoms with Gasteiger partial charge < -0.3 is 5.32 Å². The highest BCUT2D eigenvalue weighted by Crippen LogP contribution is 2.22. The molecule has 1 aromatic heterocycles. The lowest BCUT2D eigenvalue weighted by Crippen LogP contribution is -2.00. The minimum absolute atomic E-state index is 0.210. The quantitative estimate of drug-likeness (QED) is 0.762. The Balaban J connectivity index is 1.84. The van der Waals surface area contributed by atoms with E-state index in [1.807, 2.05) is 24.4 Å². The van der Waals surface area contributed by atoms with Gasteiger partial charge in [0, 0.05) is 30.0 Å². The second-order valence-corrected chi connectivity index (χ2v) is 4.38. The Morgan fingerprint density at radius 2 is 1.84 bits per heavy atom. The monoisotopic (exact) mass is 252 g/mol. The average molecular weight is 252 g/mol. The summed E-state index contributed by atoms with van der Waals surface area (Å²) in [6.45, 7) is 0.661. The average Bonchev–Trinajstić information content (AvgIpc) is 2.47. The molecule has 0 amide bonds. The summed E-state index contributed by atoms with van der Waals surface area (Å²) in [7, 11) is 0. The molecule has 0 aliphatic heterocycles. The summed E-state index contributed by atoms with van der Waals surface area (Å²) in [6.07, 6.45) is 3.63. The van der Waals surface area contributed by atoms with Crippen LogP contribution in [-0.2, 0) is 6.54 Å². The number of hydrogen-bond acceptors (Lipinski definition) is 2. The first-order chi connectivity index (χ1) is 9.33. The van der Waals surface area contributed by atoms with E-state index in [1.165, 1.54) is 12.1 Å². The summed E-state index contributed by atoms with van der Waals surface area (Å²) in [5.74, 6) is -0.210. The molecular formula is C16H13FN2. The number of halogens is 1. The normalized spacial score (nSPS) is 10.6. The SMILES string of the molecule is Fc1ccc(CNc2cccc3ccncc23)cc1. The molecule has 0 spiro atoms. The highest BCUT2D eigenvalue weighted by atomic mass is 19.1. The van der Waals surface area contributed by atoms with Gasteiger partial charge in [-0.1, -0.05) is 24.3 Å². The van der Waals surface area contributed by atoms with E-state index < -0.39 is 0 Å². The number of rotatable bonds is 3. The molecule has 3 rings (SSSR count). The molecule has 0 atom stereocenters. The number of aromatic nitrogens is 1. The zero-order valence-electron chi connectivity index (χ0n) is 10.3. The van der Waals surface area contributed by atoms with E-state index in [9.17, 15) is 4.39 Å². The van der Waals surface area contributed by atoms with E-state index in [4.69, 9.17) is 0 Å². The van der Waals surface area contributed by atoms with E-state index in [0.717, 1.165) is 22.0 Å². The fourth-order valence-electron chi connectivity index (χ4n) is 2.07. The maximum Gasteiger partial charge on any atom is 0.123 e. The second kappa shape index (κ2) is 5.06. The Morgan fingerprint density at radius 3 is 2.68 bits per heavy atom. The standard InChI is InChI=1S/C16H13FN2/c17-14-6-4-12(5-7-14)10-19-16-3-1-2-13-8-9-18-11-15(13)16/h1-9,11,19H,10H2. The number of benzene rings is 2. The van der Waals surface area contributed by atoms with Gasteiger partial charge in [-0.25, -0.2) is 4.39 Å². The molecule has 1 heterocycles. The van der Waals surface area contributed by atoms with Crippen LogP contribution in [0.3, 0.4) is 0 Å². The first-order valence-corrected chi connectivity index (χ1v) is 6.14. The molecule has 0 radical (unpaired) electrons. The minimum Gasteiger partial charge on any atom is -0.380 e. The van der Waals surface area contributed by atoms with Crippen LogP contribution in [0.15, 0.2) is 60.9 Å². The molecule has 0 saturated heterocycles. The Hall–Kier alpha value is -2.42. The predicted octanol–water partition coefficient (Wildman–Crippen LogP) is 3.99. The van der Waals surface area contributed by atoms with Gasteiger partial charge in [-0.15, -0.1) is 0 Å². The Kier molecular flexibility index (Phi) is 3.11. The number of hydrogen-bond donors (Lipinski definition) is 1. The van der Waals surface area contributed by atoms with Gasteiger partial charge in [-0.3, -0.25) is 4.98 Å². The topological polar surface area (TPSA) is 24.9 Å². The molecule has 94 valence electrons. The van der Waals surface area contributed by atoms with Crippen LogP contribution in [0.2, 0.25) is 0 Å². The van der Waals surface area contributed by atoms with Crippen molar-refractivity contribution in [1.82, 2.24) is 4.98 Å². The first-order valence-electron chi connectivity index (χ1n) is 6.14. The maximum absolute atomic E-state index is 12.8. The van der Waals surface area contributed by atoms with Gasteiger partial charge in [0.05, 0.1) is 0 Å². The molecule has 0 unspecified atom stereocenters. The van der Waals surface area contributed by atoms with E-state index >= 15 is 0 Å². The van der Waals surface area contributed by atoms with Crippen LogP contribution in [-0.4, -0.2) is 4.98 Å². The largest absolute Gasteiger partial charge is 0.380 e. The molecule has 0 aliphatic rings. The van der Waals surface area contributed by atoms with E-state index in [1.54, 1.807) is 18.3 Å². The summed E-state index contributed by atoms with van der Waals surface area (Å²) >= 11 is 0. The van der Waals surface area contributed by atoms with Crippen molar-refractivity contribution >= 4 is 16.5 Å². The third kappa shape index (κ3) is 2.55. The second-order valence-electron chi connectivity index (χ2n) is 4.38. The van der Waals surface area contributed by atoms with Gasteiger partial charge in [0.2, 0.25) is 0 Å². The van der Waals surface area contributed by atoms with Gasteiger partial charge in [-0.05, 0) is 35.2 Å². The van der Waals surface area contributed by atoms with Crippen LogP contribution < -0.4 is 5.32 Å². The Morgan fingerprint density at radius 1 is 1.00 bits per heavy atom. The zero-order chi connectivity index (χ0) is 13.1. The van der Waals surface area contributed by atoms with Crippen molar-refractivity contribution in [2.75, 3.05) is 5.32 Å². The smallest absolute Gasteiger partial charge is 0.123 e. The summed E-state index contributed by atoms with van der Waals surface area (Å²) in [5, 5.41) is 5.60. The van der Waals surface area contributed by atoms with Crippen molar-refractivity contribution in [1.29, 1.82) is 0 Å². The van der Waals surface area contributed by atoms with Crippen molar-refractivity contribution in [3.8, 4) is 0 Å². The Bertz CT molecular complexity index is 687. The summed E-state index contributed by atoms with van der Waals surface area (Å²) in [5.41, 5.74) is 2.08.